The maximum Gasteiger partial charge on any atom is 0.335 e. The lowest BCUT2D eigenvalue weighted by molar-refractivity contribution is 0.401. The van der Waals surface area contributed by atoms with Gasteiger partial charge in [-0.1, -0.05) is 19.1 Å². The zero-order chi connectivity index (χ0) is 17.0. The number of ether oxygens (including phenoxy) is 1. The molecule has 0 radical (unpaired) electrons. The van der Waals surface area contributed by atoms with Crippen molar-refractivity contribution in [3.8, 4) is 17.3 Å². The zero-order valence-corrected chi connectivity index (χ0v) is 13.2. The second kappa shape index (κ2) is 6.95. The van der Waals surface area contributed by atoms with E-state index in [2.05, 4.69) is 9.98 Å². The smallest absolute Gasteiger partial charge is 0.335 e. The molecule has 7 heteroatoms. The van der Waals surface area contributed by atoms with E-state index in [1.165, 1.54) is 13.3 Å². The Labute approximate surface area is 132 Å². The minimum atomic E-state index is -0.752. The van der Waals surface area contributed by atoms with Crippen molar-refractivity contribution in [1.82, 2.24) is 9.55 Å². The number of aromatic nitrogens is 2. The van der Waals surface area contributed by atoms with Crippen LogP contribution < -0.4 is 16.0 Å². The van der Waals surface area contributed by atoms with Gasteiger partial charge in [-0.2, -0.15) is 0 Å². The molecule has 2 aromatic rings. The standard InChI is InChI=1S/C16H19N3O4/c1-4-10(2)17-9-11-14(20)18-16(22)19(15(11)21)12-7-5-6-8-13(12)23-3/h5-10,21H,4H2,1-3H3,(H,18,20,22). The Morgan fingerprint density at radius 2 is 2.09 bits per heavy atom. The van der Waals surface area contributed by atoms with Crippen LogP contribution in [0.3, 0.4) is 0 Å². The van der Waals surface area contributed by atoms with Gasteiger partial charge in [-0.05, 0) is 25.5 Å². The van der Waals surface area contributed by atoms with E-state index in [9.17, 15) is 14.7 Å². The molecular formula is C16H19N3O4. The molecule has 7 nitrogen and oxygen atoms in total. The molecule has 2 rings (SSSR count). The van der Waals surface area contributed by atoms with Crippen molar-refractivity contribution in [3.05, 3.63) is 50.7 Å². The van der Waals surface area contributed by atoms with E-state index >= 15 is 0 Å². The van der Waals surface area contributed by atoms with Crippen molar-refractivity contribution in [3.63, 3.8) is 0 Å². The van der Waals surface area contributed by atoms with E-state index in [4.69, 9.17) is 4.74 Å². The van der Waals surface area contributed by atoms with Crippen LogP contribution in [0.1, 0.15) is 25.8 Å². The monoisotopic (exact) mass is 317 g/mol. The van der Waals surface area contributed by atoms with Crippen LogP contribution >= 0.6 is 0 Å². The van der Waals surface area contributed by atoms with Gasteiger partial charge in [-0.3, -0.25) is 14.8 Å². The molecule has 2 N–H and O–H groups in total. The number of H-pyrrole nitrogens is 1. The molecule has 1 atom stereocenters. The third-order valence-corrected chi connectivity index (χ3v) is 3.50. The lowest BCUT2D eigenvalue weighted by Crippen LogP contribution is -2.31. The fourth-order valence-corrected chi connectivity index (χ4v) is 2.00. The first-order chi connectivity index (χ1) is 11.0. The second-order valence-electron chi connectivity index (χ2n) is 5.04. The Balaban J connectivity index is 2.69. The zero-order valence-electron chi connectivity index (χ0n) is 13.2. The van der Waals surface area contributed by atoms with Crippen molar-refractivity contribution in [2.45, 2.75) is 26.3 Å². The predicted octanol–water partition coefficient (Wildman–Crippen LogP) is 1.46. The number of aromatic amines is 1. The molecule has 0 saturated carbocycles. The largest absolute Gasteiger partial charge is 0.495 e. The average molecular weight is 317 g/mol. The van der Waals surface area contributed by atoms with Crippen molar-refractivity contribution in [1.29, 1.82) is 0 Å². The number of hydrogen-bond acceptors (Lipinski definition) is 5. The summed E-state index contributed by atoms with van der Waals surface area (Å²) >= 11 is 0. The number of nitrogens with one attached hydrogen (secondary N) is 1. The highest BCUT2D eigenvalue weighted by Gasteiger charge is 2.16. The minimum absolute atomic E-state index is 0.000407. The number of benzene rings is 1. The SMILES string of the molecule is CCC(C)N=Cc1c(O)n(-c2ccccc2OC)c(=O)[nH]c1=O. The topological polar surface area (TPSA) is 96.7 Å². The fourth-order valence-electron chi connectivity index (χ4n) is 2.00. The molecule has 1 heterocycles. The molecule has 0 aliphatic rings. The number of nitrogens with zero attached hydrogens (tertiary/aromatic N) is 2. The molecule has 122 valence electrons. The normalized spacial score (nSPS) is 12.5. The Kier molecular flexibility index (Phi) is 5.00. The third kappa shape index (κ3) is 3.33. The quantitative estimate of drug-likeness (QED) is 0.816. The highest BCUT2D eigenvalue weighted by Crippen LogP contribution is 2.24. The molecule has 1 aromatic heterocycles. The molecule has 0 spiro atoms. The summed E-state index contributed by atoms with van der Waals surface area (Å²) in [6, 6.07) is 6.69. The molecule has 0 fully saturated rings. The van der Waals surface area contributed by atoms with Crippen molar-refractivity contribution >= 4 is 6.21 Å². The number of rotatable bonds is 5. The molecule has 0 bridgehead atoms. The summed E-state index contributed by atoms with van der Waals surface area (Å²) in [5, 5.41) is 10.4. The lowest BCUT2D eigenvalue weighted by atomic mass is 10.2. The van der Waals surface area contributed by atoms with Crippen LogP contribution in [0.15, 0.2) is 38.8 Å². The molecule has 0 amide bonds. The molecular weight excluding hydrogens is 298 g/mol. The van der Waals surface area contributed by atoms with Gasteiger partial charge in [0, 0.05) is 12.3 Å². The summed E-state index contributed by atoms with van der Waals surface area (Å²) in [5.41, 5.74) is -1.19. The first kappa shape index (κ1) is 16.5. The van der Waals surface area contributed by atoms with Gasteiger partial charge in [0.2, 0.25) is 5.88 Å². The van der Waals surface area contributed by atoms with Crippen LogP contribution in [0.4, 0.5) is 0 Å². The Morgan fingerprint density at radius 1 is 1.39 bits per heavy atom. The summed E-state index contributed by atoms with van der Waals surface area (Å²) in [6.07, 6.45) is 2.08. The lowest BCUT2D eigenvalue weighted by Gasteiger charge is -2.13. The van der Waals surface area contributed by atoms with Gasteiger partial charge >= 0.3 is 5.69 Å². The van der Waals surface area contributed by atoms with E-state index < -0.39 is 17.1 Å². The highest BCUT2D eigenvalue weighted by molar-refractivity contribution is 5.82. The summed E-state index contributed by atoms with van der Waals surface area (Å²) in [4.78, 5) is 30.4. The van der Waals surface area contributed by atoms with Crippen molar-refractivity contribution in [2.24, 2.45) is 4.99 Å². The van der Waals surface area contributed by atoms with Crippen molar-refractivity contribution < 1.29 is 9.84 Å². The molecule has 23 heavy (non-hydrogen) atoms. The highest BCUT2D eigenvalue weighted by atomic mass is 16.5. The molecule has 0 aliphatic heterocycles. The molecule has 0 aliphatic carbocycles. The summed E-state index contributed by atoms with van der Waals surface area (Å²) in [5.74, 6) is -0.0860. The summed E-state index contributed by atoms with van der Waals surface area (Å²) in [7, 11) is 1.46. The van der Waals surface area contributed by atoms with Gasteiger partial charge in [0.1, 0.15) is 11.3 Å². The number of methoxy groups -OCH3 is 1. The van der Waals surface area contributed by atoms with Gasteiger partial charge in [0.05, 0.1) is 12.8 Å². The Hall–Kier alpha value is -2.83. The van der Waals surface area contributed by atoms with Gasteiger partial charge in [0.25, 0.3) is 5.56 Å². The van der Waals surface area contributed by atoms with Crippen LogP contribution in [-0.2, 0) is 0 Å². The number of para-hydroxylation sites is 2. The van der Waals surface area contributed by atoms with Crippen LogP contribution in [0.25, 0.3) is 5.69 Å². The van der Waals surface area contributed by atoms with E-state index in [0.29, 0.717) is 11.4 Å². The van der Waals surface area contributed by atoms with Gasteiger partial charge in [-0.25, -0.2) is 9.36 Å². The first-order valence-corrected chi connectivity index (χ1v) is 7.24. The molecule has 0 saturated heterocycles. The van der Waals surface area contributed by atoms with Crippen LogP contribution in [0.5, 0.6) is 11.6 Å². The first-order valence-electron chi connectivity index (χ1n) is 7.24. The van der Waals surface area contributed by atoms with E-state index in [1.807, 2.05) is 13.8 Å². The van der Waals surface area contributed by atoms with E-state index in [-0.39, 0.29) is 11.6 Å². The number of aliphatic imine (C=N–C) groups is 1. The Bertz CT molecular complexity index is 836. The maximum atomic E-state index is 12.1. The van der Waals surface area contributed by atoms with Crippen LogP contribution in [0.2, 0.25) is 0 Å². The number of hydrogen-bond donors (Lipinski definition) is 2. The van der Waals surface area contributed by atoms with E-state index in [1.54, 1.807) is 24.3 Å². The average Bonchev–Trinajstić information content (AvgIpc) is 2.54. The van der Waals surface area contributed by atoms with Crippen molar-refractivity contribution in [2.75, 3.05) is 7.11 Å². The molecule has 1 aromatic carbocycles. The second-order valence-corrected chi connectivity index (χ2v) is 5.04. The van der Waals surface area contributed by atoms with Gasteiger partial charge in [0.15, 0.2) is 0 Å². The predicted molar refractivity (Wildman–Crippen MR) is 88.2 cm³/mol. The maximum absolute atomic E-state index is 12.1. The number of aromatic hydroxyl groups is 1. The minimum Gasteiger partial charge on any atom is -0.495 e. The van der Waals surface area contributed by atoms with Gasteiger partial charge in [-0.15, -0.1) is 0 Å². The van der Waals surface area contributed by atoms with Gasteiger partial charge < -0.3 is 9.84 Å². The third-order valence-electron chi connectivity index (χ3n) is 3.50. The molecule has 1 unspecified atom stereocenters. The fraction of sp³-hybridized carbons (Fsp3) is 0.312. The summed E-state index contributed by atoms with van der Waals surface area (Å²) in [6.45, 7) is 3.85. The van der Waals surface area contributed by atoms with Crippen LogP contribution in [0, 0.1) is 0 Å². The summed E-state index contributed by atoms with van der Waals surface area (Å²) < 4.78 is 6.18. The Morgan fingerprint density at radius 3 is 2.74 bits per heavy atom. The van der Waals surface area contributed by atoms with E-state index in [0.717, 1.165) is 11.0 Å². The van der Waals surface area contributed by atoms with Crippen LogP contribution in [-0.4, -0.2) is 34.0 Å².